The quantitative estimate of drug-likeness (QED) is 0.548. The minimum absolute atomic E-state index is 0.861. The van der Waals surface area contributed by atoms with Crippen LogP contribution in [0.4, 0.5) is 0 Å². The lowest BCUT2D eigenvalue weighted by atomic mass is 10.6. The first kappa shape index (κ1) is 11.3. The molecule has 0 aliphatic carbocycles. The van der Waals surface area contributed by atoms with E-state index in [-0.39, 0.29) is 0 Å². The van der Waals surface area contributed by atoms with Gasteiger partial charge < -0.3 is 0 Å². The second kappa shape index (κ2) is 6.68. The van der Waals surface area contributed by atoms with Crippen molar-refractivity contribution in [3.63, 3.8) is 0 Å². The van der Waals surface area contributed by atoms with Gasteiger partial charge in [-0.15, -0.1) is 30.0 Å². The van der Waals surface area contributed by atoms with Crippen molar-refractivity contribution in [1.29, 1.82) is 0 Å². The molecule has 1 rings (SSSR count). The summed E-state index contributed by atoms with van der Waals surface area (Å²) in [6.07, 6.45) is 5.46. The second-order valence-corrected chi connectivity index (χ2v) is 4.47. The van der Waals surface area contributed by atoms with E-state index in [2.05, 4.69) is 23.4 Å². The first-order valence-electron chi connectivity index (χ1n) is 4.17. The molecule has 4 heteroatoms. The maximum absolute atomic E-state index is 4.08. The van der Waals surface area contributed by atoms with Crippen molar-refractivity contribution < 1.29 is 0 Å². The summed E-state index contributed by atoms with van der Waals surface area (Å²) in [5.74, 6) is 1.76. The Morgan fingerprint density at radius 2 is 1.93 bits per heavy atom. The lowest BCUT2D eigenvalue weighted by molar-refractivity contribution is 0.878. The Bertz CT molecular complexity index is 282. The van der Waals surface area contributed by atoms with Gasteiger partial charge in [-0.3, -0.25) is 0 Å². The van der Waals surface area contributed by atoms with Crippen LogP contribution in [-0.2, 0) is 0 Å². The highest BCUT2D eigenvalue weighted by molar-refractivity contribution is 8.02. The third kappa shape index (κ3) is 3.55. The molecular formula is C10H12N2S2. The number of thioether (sulfide) groups is 2. The van der Waals surface area contributed by atoms with Gasteiger partial charge in [-0.2, -0.15) is 5.10 Å². The van der Waals surface area contributed by atoms with E-state index >= 15 is 0 Å². The molecule has 0 saturated heterocycles. The van der Waals surface area contributed by atoms with Crippen molar-refractivity contribution in [2.45, 2.75) is 9.92 Å². The molecule has 14 heavy (non-hydrogen) atoms. The van der Waals surface area contributed by atoms with E-state index in [1.165, 1.54) is 0 Å². The molecule has 1 heterocycles. The number of rotatable bonds is 6. The molecule has 0 radical (unpaired) electrons. The van der Waals surface area contributed by atoms with Crippen LogP contribution in [-0.4, -0.2) is 21.7 Å². The highest BCUT2D eigenvalue weighted by Gasteiger charge is 2.03. The summed E-state index contributed by atoms with van der Waals surface area (Å²) in [7, 11) is 0. The van der Waals surface area contributed by atoms with E-state index in [1.807, 2.05) is 18.2 Å². The van der Waals surface area contributed by atoms with Crippen molar-refractivity contribution in [3.8, 4) is 0 Å². The van der Waals surface area contributed by atoms with Crippen molar-refractivity contribution in [1.82, 2.24) is 10.2 Å². The molecular weight excluding hydrogens is 212 g/mol. The summed E-state index contributed by atoms with van der Waals surface area (Å²) < 4.78 is 0. The number of hydrogen-bond donors (Lipinski definition) is 0. The zero-order valence-electron chi connectivity index (χ0n) is 7.85. The molecule has 1 aromatic rings. The van der Waals surface area contributed by atoms with Crippen molar-refractivity contribution in [2.75, 3.05) is 11.5 Å². The molecule has 0 spiro atoms. The molecule has 0 fully saturated rings. The van der Waals surface area contributed by atoms with Crippen LogP contribution in [0.25, 0.3) is 0 Å². The van der Waals surface area contributed by atoms with Crippen LogP contribution in [0.1, 0.15) is 0 Å². The highest BCUT2D eigenvalue weighted by atomic mass is 32.2. The van der Waals surface area contributed by atoms with Gasteiger partial charge >= 0.3 is 0 Å². The van der Waals surface area contributed by atoms with Gasteiger partial charge in [0.05, 0.1) is 6.20 Å². The van der Waals surface area contributed by atoms with Gasteiger partial charge in [0.25, 0.3) is 0 Å². The average Bonchev–Trinajstić information content (AvgIpc) is 2.24. The van der Waals surface area contributed by atoms with Gasteiger partial charge in [0.15, 0.2) is 0 Å². The van der Waals surface area contributed by atoms with Crippen LogP contribution in [0.5, 0.6) is 0 Å². The van der Waals surface area contributed by atoms with Crippen LogP contribution in [0, 0.1) is 0 Å². The van der Waals surface area contributed by atoms with Gasteiger partial charge in [-0.05, 0) is 6.07 Å². The Morgan fingerprint density at radius 3 is 2.64 bits per heavy atom. The van der Waals surface area contributed by atoms with E-state index in [0.717, 1.165) is 21.4 Å². The first-order valence-corrected chi connectivity index (χ1v) is 6.14. The molecule has 0 saturated carbocycles. The topological polar surface area (TPSA) is 25.8 Å². The zero-order chi connectivity index (χ0) is 10.2. The average molecular weight is 224 g/mol. The molecule has 0 aromatic carbocycles. The summed E-state index contributed by atoms with van der Waals surface area (Å²) >= 11 is 3.37. The summed E-state index contributed by atoms with van der Waals surface area (Å²) in [5, 5.41) is 8.91. The van der Waals surface area contributed by atoms with E-state index in [0.29, 0.717) is 0 Å². The lowest BCUT2D eigenvalue weighted by Crippen LogP contribution is -1.88. The summed E-state index contributed by atoms with van der Waals surface area (Å²) in [6.45, 7) is 7.36. The maximum atomic E-state index is 4.08. The monoisotopic (exact) mass is 224 g/mol. The molecule has 0 unspecified atom stereocenters. The van der Waals surface area contributed by atoms with Crippen LogP contribution in [0.15, 0.2) is 47.5 Å². The van der Waals surface area contributed by atoms with Crippen LogP contribution in [0.3, 0.4) is 0 Å². The summed E-state index contributed by atoms with van der Waals surface area (Å²) in [4.78, 5) is 1.16. The van der Waals surface area contributed by atoms with Crippen LogP contribution in [0.2, 0.25) is 0 Å². The number of aromatic nitrogens is 2. The SMILES string of the molecule is C=CCSc1ccnnc1SCC=C. The molecule has 0 atom stereocenters. The van der Waals surface area contributed by atoms with Crippen molar-refractivity contribution >= 4 is 23.5 Å². The minimum atomic E-state index is 0.861. The largest absolute Gasteiger partial charge is 0.158 e. The van der Waals surface area contributed by atoms with E-state index in [1.54, 1.807) is 29.7 Å². The number of hydrogen-bond acceptors (Lipinski definition) is 4. The van der Waals surface area contributed by atoms with Gasteiger partial charge in [-0.25, -0.2) is 0 Å². The van der Waals surface area contributed by atoms with Gasteiger partial charge in [0, 0.05) is 16.4 Å². The molecule has 2 nitrogen and oxygen atoms in total. The second-order valence-electron chi connectivity index (χ2n) is 2.40. The first-order chi connectivity index (χ1) is 6.88. The standard InChI is InChI=1S/C10H12N2S2/c1-3-7-13-9-5-6-11-12-10(9)14-8-4-2/h3-6H,1-2,7-8H2. The number of nitrogens with zero attached hydrogens (tertiary/aromatic N) is 2. The van der Waals surface area contributed by atoms with Gasteiger partial charge in [-0.1, -0.05) is 23.9 Å². The van der Waals surface area contributed by atoms with E-state index in [9.17, 15) is 0 Å². The molecule has 0 amide bonds. The van der Waals surface area contributed by atoms with E-state index in [4.69, 9.17) is 0 Å². The normalized spacial score (nSPS) is 9.71. The predicted molar refractivity (Wildman–Crippen MR) is 63.9 cm³/mol. The van der Waals surface area contributed by atoms with Gasteiger partial charge in [0.2, 0.25) is 0 Å². The van der Waals surface area contributed by atoms with Crippen LogP contribution < -0.4 is 0 Å². The third-order valence-corrected chi connectivity index (χ3v) is 3.50. The van der Waals surface area contributed by atoms with Crippen LogP contribution >= 0.6 is 23.5 Å². The summed E-state index contributed by atoms with van der Waals surface area (Å²) in [6, 6.07) is 1.98. The molecule has 74 valence electrons. The summed E-state index contributed by atoms with van der Waals surface area (Å²) in [5.41, 5.74) is 0. The Morgan fingerprint density at radius 1 is 1.21 bits per heavy atom. The molecule has 0 bridgehead atoms. The lowest BCUT2D eigenvalue weighted by Gasteiger charge is -2.03. The smallest absolute Gasteiger partial charge is 0.133 e. The fourth-order valence-electron chi connectivity index (χ4n) is 0.804. The fraction of sp³-hybridized carbons (Fsp3) is 0.200. The predicted octanol–water partition coefficient (Wildman–Crippen LogP) is 3.03. The minimum Gasteiger partial charge on any atom is -0.158 e. The molecule has 0 aliphatic rings. The van der Waals surface area contributed by atoms with Gasteiger partial charge in [0.1, 0.15) is 5.03 Å². The molecule has 1 aromatic heterocycles. The fourth-order valence-corrected chi connectivity index (χ4v) is 2.37. The Kier molecular flexibility index (Phi) is 5.40. The zero-order valence-corrected chi connectivity index (χ0v) is 9.48. The van der Waals surface area contributed by atoms with Crippen molar-refractivity contribution in [2.24, 2.45) is 0 Å². The van der Waals surface area contributed by atoms with Crippen molar-refractivity contribution in [3.05, 3.63) is 37.6 Å². The maximum Gasteiger partial charge on any atom is 0.133 e. The molecule has 0 N–H and O–H groups in total. The van der Waals surface area contributed by atoms with E-state index < -0.39 is 0 Å². The Hall–Kier alpha value is -0.740. The third-order valence-electron chi connectivity index (χ3n) is 1.35. The Labute approximate surface area is 92.9 Å². The molecule has 0 aliphatic heterocycles. The Balaban J connectivity index is 2.68. The highest BCUT2D eigenvalue weighted by Crippen LogP contribution is 2.27.